The Kier molecular flexibility index (Phi) is 4.80. The molecule has 2 rings (SSSR count). The minimum Gasteiger partial charge on any atom is -0.379 e. The molecule has 4 nitrogen and oxygen atoms in total. The monoisotopic (exact) mass is 240 g/mol. The highest BCUT2D eigenvalue weighted by molar-refractivity contribution is 5.78. The van der Waals surface area contributed by atoms with E-state index in [2.05, 4.69) is 4.90 Å². The number of morpholine rings is 1. The number of nitrogens with zero attached hydrogens (tertiary/aromatic N) is 2. The van der Waals surface area contributed by atoms with Gasteiger partial charge in [0.25, 0.3) is 0 Å². The number of hydrogen-bond acceptors (Lipinski definition) is 3. The van der Waals surface area contributed by atoms with Gasteiger partial charge in [-0.25, -0.2) is 0 Å². The van der Waals surface area contributed by atoms with Gasteiger partial charge in [-0.15, -0.1) is 0 Å². The number of likely N-dealkylation sites (N-methyl/N-ethyl adjacent to an activating group) is 1. The van der Waals surface area contributed by atoms with E-state index < -0.39 is 0 Å². The van der Waals surface area contributed by atoms with Crippen LogP contribution in [0.1, 0.15) is 25.7 Å². The van der Waals surface area contributed by atoms with Crippen LogP contribution in [0.3, 0.4) is 0 Å². The summed E-state index contributed by atoms with van der Waals surface area (Å²) < 4.78 is 5.31. The summed E-state index contributed by atoms with van der Waals surface area (Å²) in [5, 5.41) is 0. The van der Waals surface area contributed by atoms with Gasteiger partial charge >= 0.3 is 0 Å². The predicted octanol–water partition coefficient (Wildman–Crippen LogP) is 0.967. The average molecular weight is 240 g/mol. The molecule has 0 radical (unpaired) electrons. The normalized spacial score (nSPS) is 22.9. The molecule has 1 aliphatic heterocycles. The summed E-state index contributed by atoms with van der Waals surface area (Å²) in [6.45, 7) is 5.52. The van der Waals surface area contributed by atoms with E-state index in [1.165, 1.54) is 12.8 Å². The first-order chi connectivity index (χ1) is 8.27. The second-order valence-electron chi connectivity index (χ2n) is 5.20. The van der Waals surface area contributed by atoms with Gasteiger partial charge in [0.15, 0.2) is 0 Å². The molecular weight excluding hydrogens is 216 g/mol. The highest BCUT2D eigenvalue weighted by Gasteiger charge is 2.25. The molecule has 0 bridgehead atoms. The van der Waals surface area contributed by atoms with E-state index in [0.717, 1.165) is 52.2 Å². The zero-order valence-corrected chi connectivity index (χ0v) is 10.9. The molecular formula is C13H24N2O2. The largest absolute Gasteiger partial charge is 0.379 e. The van der Waals surface area contributed by atoms with Gasteiger partial charge in [0, 0.05) is 39.1 Å². The van der Waals surface area contributed by atoms with Gasteiger partial charge in [0.2, 0.25) is 5.91 Å². The first kappa shape index (κ1) is 12.8. The van der Waals surface area contributed by atoms with Crippen molar-refractivity contribution >= 4 is 5.91 Å². The highest BCUT2D eigenvalue weighted by atomic mass is 16.5. The molecule has 1 aliphatic carbocycles. The molecule has 0 N–H and O–H groups in total. The topological polar surface area (TPSA) is 32.8 Å². The first-order valence-corrected chi connectivity index (χ1v) is 6.82. The molecule has 98 valence electrons. The molecule has 0 aromatic heterocycles. The molecule has 17 heavy (non-hydrogen) atoms. The van der Waals surface area contributed by atoms with Crippen molar-refractivity contribution in [3.05, 3.63) is 0 Å². The number of hydrogen-bond donors (Lipinski definition) is 0. The zero-order valence-electron chi connectivity index (χ0n) is 10.9. The van der Waals surface area contributed by atoms with Crippen LogP contribution >= 0.6 is 0 Å². The third kappa shape index (κ3) is 3.68. The molecule has 4 heteroatoms. The Balaban J connectivity index is 1.68. The van der Waals surface area contributed by atoms with E-state index in [9.17, 15) is 4.79 Å². The molecule has 0 spiro atoms. The molecule has 1 heterocycles. The van der Waals surface area contributed by atoms with Crippen LogP contribution in [-0.4, -0.2) is 62.1 Å². The van der Waals surface area contributed by atoms with Gasteiger partial charge in [-0.3, -0.25) is 9.69 Å². The smallest absolute Gasteiger partial charge is 0.225 e. The summed E-state index contributed by atoms with van der Waals surface area (Å²) in [5.74, 6) is 0.667. The summed E-state index contributed by atoms with van der Waals surface area (Å²) in [7, 11) is 1.95. The second kappa shape index (κ2) is 6.36. The van der Waals surface area contributed by atoms with E-state index in [1.807, 2.05) is 11.9 Å². The molecule has 1 saturated carbocycles. The van der Waals surface area contributed by atoms with Crippen molar-refractivity contribution in [2.45, 2.75) is 25.7 Å². The maximum atomic E-state index is 12.1. The third-order valence-corrected chi connectivity index (χ3v) is 3.94. The molecule has 0 aromatic rings. The number of carbonyl (C=O) groups is 1. The zero-order chi connectivity index (χ0) is 12.1. The number of rotatable bonds is 4. The fourth-order valence-electron chi connectivity index (χ4n) is 2.71. The third-order valence-electron chi connectivity index (χ3n) is 3.94. The molecule has 1 amide bonds. The van der Waals surface area contributed by atoms with Crippen molar-refractivity contribution in [3.63, 3.8) is 0 Å². The fourth-order valence-corrected chi connectivity index (χ4v) is 2.71. The van der Waals surface area contributed by atoms with E-state index >= 15 is 0 Å². The van der Waals surface area contributed by atoms with Crippen LogP contribution in [0.25, 0.3) is 0 Å². The number of ether oxygens (including phenoxy) is 1. The summed E-state index contributed by atoms with van der Waals surface area (Å²) >= 11 is 0. The second-order valence-corrected chi connectivity index (χ2v) is 5.20. The Hall–Kier alpha value is -0.610. The Labute approximate surface area is 104 Å². The van der Waals surface area contributed by atoms with Crippen molar-refractivity contribution in [1.29, 1.82) is 0 Å². The summed E-state index contributed by atoms with van der Waals surface area (Å²) in [6, 6.07) is 0. The Morgan fingerprint density at radius 1 is 1.29 bits per heavy atom. The van der Waals surface area contributed by atoms with Gasteiger partial charge in [-0.1, -0.05) is 12.8 Å². The molecule has 2 aliphatic rings. The van der Waals surface area contributed by atoms with Gasteiger partial charge in [0.1, 0.15) is 0 Å². The Morgan fingerprint density at radius 2 is 1.94 bits per heavy atom. The van der Waals surface area contributed by atoms with Crippen LogP contribution in [-0.2, 0) is 9.53 Å². The highest BCUT2D eigenvalue weighted by Crippen LogP contribution is 2.26. The summed E-state index contributed by atoms with van der Waals surface area (Å²) in [4.78, 5) is 16.4. The standard InChI is InChI=1S/C13H24N2O2/c1-14(13(16)12-4-2-3-5-12)6-7-15-8-10-17-11-9-15/h12H,2-11H2,1H3. The van der Waals surface area contributed by atoms with Gasteiger partial charge in [-0.2, -0.15) is 0 Å². The summed E-state index contributed by atoms with van der Waals surface area (Å²) in [6.07, 6.45) is 4.66. The fraction of sp³-hybridized carbons (Fsp3) is 0.923. The van der Waals surface area contributed by atoms with Gasteiger partial charge in [0.05, 0.1) is 13.2 Å². The van der Waals surface area contributed by atoms with Gasteiger partial charge < -0.3 is 9.64 Å². The van der Waals surface area contributed by atoms with Crippen molar-refractivity contribution in [1.82, 2.24) is 9.80 Å². The lowest BCUT2D eigenvalue weighted by molar-refractivity contribution is -0.134. The number of carbonyl (C=O) groups excluding carboxylic acids is 1. The van der Waals surface area contributed by atoms with Crippen molar-refractivity contribution in [2.75, 3.05) is 46.4 Å². The number of amides is 1. The average Bonchev–Trinajstić information content (AvgIpc) is 2.90. The van der Waals surface area contributed by atoms with Crippen molar-refractivity contribution < 1.29 is 9.53 Å². The quantitative estimate of drug-likeness (QED) is 0.734. The maximum absolute atomic E-state index is 12.1. The van der Waals surface area contributed by atoms with Crippen LogP contribution in [0.4, 0.5) is 0 Å². The lowest BCUT2D eigenvalue weighted by Gasteiger charge is -2.29. The molecule has 0 atom stereocenters. The SMILES string of the molecule is CN(CCN1CCOCC1)C(=O)C1CCCC1. The van der Waals surface area contributed by atoms with Crippen LogP contribution in [0.5, 0.6) is 0 Å². The van der Waals surface area contributed by atoms with Crippen LogP contribution < -0.4 is 0 Å². The van der Waals surface area contributed by atoms with E-state index in [-0.39, 0.29) is 0 Å². The minimum absolute atomic E-state index is 0.310. The lowest BCUT2D eigenvalue weighted by atomic mass is 10.1. The Bertz CT molecular complexity index is 246. The van der Waals surface area contributed by atoms with Crippen LogP contribution in [0.2, 0.25) is 0 Å². The van der Waals surface area contributed by atoms with Crippen LogP contribution in [0, 0.1) is 5.92 Å². The molecule has 1 saturated heterocycles. The van der Waals surface area contributed by atoms with E-state index in [0.29, 0.717) is 11.8 Å². The van der Waals surface area contributed by atoms with E-state index in [4.69, 9.17) is 4.74 Å². The lowest BCUT2D eigenvalue weighted by Crippen LogP contribution is -2.42. The van der Waals surface area contributed by atoms with E-state index in [1.54, 1.807) is 0 Å². The minimum atomic E-state index is 0.310. The Morgan fingerprint density at radius 3 is 2.59 bits per heavy atom. The molecule has 2 fully saturated rings. The molecule has 0 aromatic carbocycles. The van der Waals surface area contributed by atoms with Crippen molar-refractivity contribution in [3.8, 4) is 0 Å². The van der Waals surface area contributed by atoms with Gasteiger partial charge in [-0.05, 0) is 12.8 Å². The van der Waals surface area contributed by atoms with Crippen LogP contribution in [0.15, 0.2) is 0 Å². The van der Waals surface area contributed by atoms with Crippen molar-refractivity contribution in [2.24, 2.45) is 5.92 Å². The molecule has 0 unspecified atom stereocenters. The first-order valence-electron chi connectivity index (χ1n) is 6.82. The maximum Gasteiger partial charge on any atom is 0.225 e. The predicted molar refractivity (Wildman–Crippen MR) is 66.9 cm³/mol. The summed E-state index contributed by atoms with van der Waals surface area (Å²) in [5.41, 5.74) is 0.